The minimum Gasteiger partial charge on any atom is -0.381 e. The number of nitrogens with one attached hydrogen (secondary N) is 1. The molecule has 2 aromatic heterocycles. The van der Waals surface area contributed by atoms with Crippen LogP contribution in [0.5, 0.6) is 0 Å². The maximum absolute atomic E-state index is 5.49. The molecule has 1 unspecified atom stereocenters. The van der Waals surface area contributed by atoms with Gasteiger partial charge in [0.15, 0.2) is 0 Å². The second kappa shape index (κ2) is 5.33. The molecule has 0 saturated carbocycles. The van der Waals surface area contributed by atoms with Crippen LogP contribution in [0.4, 0.5) is 5.13 Å². The van der Waals surface area contributed by atoms with Crippen LogP contribution in [0.15, 0.2) is 6.20 Å². The number of rotatable bonds is 3. The molecule has 3 heterocycles. The summed E-state index contributed by atoms with van der Waals surface area (Å²) in [6.07, 6.45) is 4.44. The van der Waals surface area contributed by atoms with E-state index in [1.807, 2.05) is 10.7 Å². The molecule has 3 rings (SSSR count). The molecule has 20 heavy (non-hydrogen) atoms. The van der Waals surface area contributed by atoms with Gasteiger partial charge in [0, 0.05) is 18.6 Å². The van der Waals surface area contributed by atoms with Crippen molar-refractivity contribution in [2.24, 2.45) is 5.92 Å². The summed E-state index contributed by atoms with van der Waals surface area (Å²) in [6.45, 7) is 9.22. The van der Waals surface area contributed by atoms with Crippen LogP contribution in [0.3, 0.4) is 0 Å². The van der Waals surface area contributed by atoms with Crippen molar-refractivity contribution in [1.29, 1.82) is 0 Å². The molecule has 2 aromatic rings. The molecule has 0 spiro atoms. The van der Waals surface area contributed by atoms with Crippen LogP contribution in [0.25, 0.3) is 4.96 Å². The molecule has 5 nitrogen and oxygen atoms in total. The average molecular weight is 294 g/mol. The van der Waals surface area contributed by atoms with Gasteiger partial charge >= 0.3 is 0 Å². The molecule has 0 bridgehead atoms. The Bertz CT molecular complexity index is 546. The predicted molar refractivity (Wildman–Crippen MR) is 81.6 cm³/mol. The first-order chi connectivity index (χ1) is 9.52. The smallest absolute Gasteiger partial charge is 0.214 e. The van der Waals surface area contributed by atoms with Crippen molar-refractivity contribution in [3.8, 4) is 0 Å². The van der Waals surface area contributed by atoms with Gasteiger partial charge in [-0.05, 0) is 18.8 Å². The van der Waals surface area contributed by atoms with E-state index in [2.05, 4.69) is 36.2 Å². The van der Waals surface area contributed by atoms with Crippen molar-refractivity contribution in [3.63, 3.8) is 0 Å². The van der Waals surface area contributed by atoms with Crippen molar-refractivity contribution in [1.82, 2.24) is 14.6 Å². The zero-order valence-electron chi connectivity index (χ0n) is 12.3. The highest BCUT2D eigenvalue weighted by Crippen LogP contribution is 2.26. The zero-order valence-corrected chi connectivity index (χ0v) is 13.2. The van der Waals surface area contributed by atoms with Gasteiger partial charge in [-0.3, -0.25) is 0 Å². The van der Waals surface area contributed by atoms with Crippen molar-refractivity contribution in [2.75, 3.05) is 25.1 Å². The van der Waals surface area contributed by atoms with E-state index in [9.17, 15) is 0 Å². The average Bonchev–Trinajstić information content (AvgIpc) is 2.95. The van der Waals surface area contributed by atoms with Crippen LogP contribution in [0.1, 0.15) is 39.3 Å². The first-order valence-electron chi connectivity index (χ1n) is 7.21. The van der Waals surface area contributed by atoms with E-state index in [-0.39, 0.29) is 5.41 Å². The summed E-state index contributed by atoms with van der Waals surface area (Å²) in [5.41, 5.74) is 1.16. The Kier molecular flexibility index (Phi) is 3.69. The van der Waals surface area contributed by atoms with Crippen LogP contribution < -0.4 is 5.32 Å². The second-order valence-electron chi connectivity index (χ2n) is 6.47. The van der Waals surface area contributed by atoms with Crippen molar-refractivity contribution in [3.05, 3.63) is 11.9 Å². The lowest BCUT2D eigenvalue weighted by molar-refractivity contribution is 0.0595. The molecule has 0 aliphatic carbocycles. The fraction of sp³-hybridized carbons (Fsp3) is 0.714. The van der Waals surface area contributed by atoms with Gasteiger partial charge in [-0.2, -0.15) is 0 Å². The number of ether oxygens (including phenoxy) is 1. The van der Waals surface area contributed by atoms with Crippen molar-refractivity contribution in [2.45, 2.75) is 39.0 Å². The molecular weight excluding hydrogens is 272 g/mol. The summed E-state index contributed by atoms with van der Waals surface area (Å²) in [6, 6.07) is 0. The zero-order chi connectivity index (χ0) is 14.2. The van der Waals surface area contributed by atoms with E-state index in [0.717, 1.165) is 35.5 Å². The van der Waals surface area contributed by atoms with Gasteiger partial charge in [0.1, 0.15) is 0 Å². The monoisotopic (exact) mass is 294 g/mol. The van der Waals surface area contributed by atoms with Crippen LogP contribution in [0, 0.1) is 5.92 Å². The quantitative estimate of drug-likeness (QED) is 0.945. The summed E-state index contributed by atoms with van der Waals surface area (Å²) in [5, 5.41) is 8.91. The Morgan fingerprint density at radius 3 is 3.00 bits per heavy atom. The normalized spacial score (nSPS) is 20.4. The summed E-state index contributed by atoms with van der Waals surface area (Å²) in [4.78, 5) is 5.61. The first-order valence-corrected chi connectivity index (χ1v) is 8.02. The van der Waals surface area contributed by atoms with Gasteiger partial charge < -0.3 is 10.1 Å². The summed E-state index contributed by atoms with van der Waals surface area (Å²) in [5.74, 6) is 0.602. The van der Waals surface area contributed by atoms with Crippen LogP contribution in [0.2, 0.25) is 0 Å². The third-order valence-electron chi connectivity index (χ3n) is 3.61. The van der Waals surface area contributed by atoms with E-state index < -0.39 is 0 Å². The van der Waals surface area contributed by atoms with E-state index in [0.29, 0.717) is 5.92 Å². The van der Waals surface area contributed by atoms with E-state index in [1.165, 1.54) is 12.8 Å². The summed E-state index contributed by atoms with van der Waals surface area (Å²) >= 11 is 1.61. The second-order valence-corrected chi connectivity index (χ2v) is 7.43. The molecule has 1 N–H and O–H groups in total. The molecule has 0 aromatic carbocycles. The highest BCUT2D eigenvalue weighted by Gasteiger charge is 2.20. The van der Waals surface area contributed by atoms with Crippen molar-refractivity contribution < 1.29 is 4.74 Å². The van der Waals surface area contributed by atoms with Gasteiger partial charge in [-0.15, -0.1) is 5.10 Å². The van der Waals surface area contributed by atoms with Gasteiger partial charge in [-0.1, -0.05) is 32.1 Å². The Hall–Kier alpha value is -1.14. The molecular formula is C14H22N4OS. The standard InChI is InChI=1S/C14H22N4OS/c1-14(2,3)11-8-18-13(16-11)20-12(17-18)15-7-10-5-4-6-19-9-10/h8,10H,4-7,9H2,1-3H3,(H,15,17). The lowest BCUT2D eigenvalue weighted by Crippen LogP contribution is -2.24. The molecule has 1 atom stereocenters. The third kappa shape index (κ3) is 2.96. The number of anilines is 1. The molecule has 6 heteroatoms. The van der Waals surface area contributed by atoms with Crippen LogP contribution in [-0.2, 0) is 10.2 Å². The predicted octanol–water partition coefficient (Wildman–Crippen LogP) is 2.93. The van der Waals surface area contributed by atoms with Gasteiger partial charge in [0.2, 0.25) is 10.1 Å². The maximum atomic E-state index is 5.49. The number of hydrogen-bond acceptors (Lipinski definition) is 5. The molecule has 110 valence electrons. The Balaban J connectivity index is 1.66. The van der Waals surface area contributed by atoms with Gasteiger partial charge in [-0.25, -0.2) is 9.50 Å². The lowest BCUT2D eigenvalue weighted by Gasteiger charge is -2.21. The largest absolute Gasteiger partial charge is 0.381 e. The van der Waals surface area contributed by atoms with Crippen LogP contribution in [-0.4, -0.2) is 34.4 Å². The van der Waals surface area contributed by atoms with Gasteiger partial charge in [0.25, 0.3) is 0 Å². The van der Waals surface area contributed by atoms with Crippen molar-refractivity contribution >= 4 is 21.4 Å². The molecule has 0 amide bonds. The number of aromatic nitrogens is 3. The van der Waals surface area contributed by atoms with E-state index in [4.69, 9.17) is 4.74 Å². The van der Waals surface area contributed by atoms with E-state index >= 15 is 0 Å². The SMILES string of the molecule is CC(C)(C)c1cn2nc(NCC3CCCOC3)sc2n1. The number of nitrogens with zero attached hydrogens (tertiary/aromatic N) is 3. The summed E-state index contributed by atoms with van der Waals surface area (Å²) in [7, 11) is 0. The Morgan fingerprint density at radius 1 is 1.50 bits per heavy atom. The number of hydrogen-bond donors (Lipinski definition) is 1. The highest BCUT2D eigenvalue weighted by atomic mass is 32.1. The Morgan fingerprint density at radius 2 is 2.35 bits per heavy atom. The van der Waals surface area contributed by atoms with E-state index in [1.54, 1.807) is 11.3 Å². The minimum atomic E-state index is 0.0699. The fourth-order valence-corrected chi connectivity index (χ4v) is 3.12. The van der Waals surface area contributed by atoms with Crippen LogP contribution >= 0.6 is 11.3 Å². The number of fused-ring (bicyclic) bond motifs is 1. The number of imidazole rings is 1. The third-order valence-corrected chi connectivity index (χ3v) is 4.49. The molecule has 1 saturated heterocycles. The highest BCUT2D eigenvalue weighted by molar-refractivity contribution is 7.20. The molecule has 1 aliphatic heterocycles. The summed E-state index contributed by atoms with van der Waals surface area (Å²) < 4.78 is 7.37. The topological polar surface area (TPSA) is 51.5 Å². The minimum absolute atomic E-state index is 0.0699. The molecule has 1 aliphatic rings. The molecule has 0 radical (unpaired) electrons. The fourth-order valence-electron chi connectivity index (χ4n) is 2.33. The molecule has 1 fully saturated rings. The maximum Gasteiger partial charge on any atom is 0.214 e. The lowest BCUT2D eigenvalue weighted by atomic mass is 9.93. The van der Waals surface area contributed by atoms with Gasteiger partial charge in [0.05, 0.1) is 18.5 Å². The first kappa shape index (κ1) is 13.8. The Labute approximate surface area is 123 Å².